The minimum atomic E-state index is -3.88. The first-order valence-corrected chi connectivity index (χ1v) is 19.3. The van der Waals surface area contributed by atoms with Gasteiger partial charge in [-0.25, -0.2) is 16.8 Å². The third-order valence-electron chi connectivity index (χ3n) is 10.1. The van der Waals surface area contributed by atoms with E-state index < -0.39 is 101 Å². The van der Waals surface area contributed by atoms with Crippen LogP contribution in [0.3, 0.4) is 0 Å². The molecule has 0 N–H and O–H groups in total. The van der Waals surface area contributed by atoms with Gasteiger partial charge < -0.3 is 18.9 Å². The van der Waals surface area contributed by atoms with Gasteiger partial charge in [-0.3, -0.25) is 19.2 Å². The number of carbonyl (C=O) groups is 4. The minimum Gasteiger partial charge on any atom is -0.468 e. The van der Waals surface area contributed by atoms with Gasteiger partial charge in [0.15, 0.2) is 30.5 Å². The highest BCUT2D eigenvalue weighted by atomic mass is 32.2. The molecule has 0 amide bonds. The van der Waals surface area contributed by atoms with Crippen LogP contribution in [0.15, 0.2) is 84.9 Å². The first-order valence-electron chi connectivity index (χ1n) is 15.7. The smallest absolute Gasteiger partial charge is 0.324 e. The molecule has 3 unspecified atom stereocenters. The van der Waals surface area contributed by atoms with Crippen LogP contribution in [-0.2, 0) is 57.8 Å². The van der Waals surface area contributed by atoms with Gasteiger partial charge in [0, 0.05) is 23.7 Å². The van der Waals surface area contributed by atoms with Crippen LogP contribution in [0.5, 0.6) is 0 Å². The zero-order valence-corrected chi connectivity index (χ0v) is 29.6. The molecule has 2 aliphatic rings. The first-order chi connectivity index (χ1) is 23.7. The van der Waals surface area contributed by atoms with Crippen molar-refractivity contribution in [2.24, 2.45) is 10.8 Å². The second-order valence-corrected chi connectivity index (χ2v) is 16.9. The lowest BCUT2D eigenvalue weighted by molar-refractivity contribution is -0.174. The lowest BCUT2D eigenvalue weighted by Gasteiger charge is -2.46. The molecule has 4 atom stereocenters. The average molecular weight is 727 g/mol. The van der Waals surface area contributed by atoms with E-state index in [1.165, 1.54) is 24.3 Å². The lowest BCUT2D eigenvalue weighted by Crippen LogP contribution is -2.57. The van der Waals surface area contributed by atoms with Crippen molar-refractivity contribution in [3.8, 4) is 0 Å². The highest BCUT2D eigenvalue weighted by Crippen LogP contribution is 2.56. The summed E-state index contributed by atoms with van der Waals surface area (Å²) >= 11 is 0. The SMILES string of the molecule is COC(=O)C1(C(=O)OC)C(c2ccccc2)CS(=O)(=O)CC1c1ccc(C2CS(=O)(=O)C[C@H](c3ccccc3)C2(C(=O)OC)C(=O)OC)cc1. The van der Waals surface area contributed by atoms with E-state index in [-0.39, 0.29) is 11.1 Å². The van der Waals surface area contributed by atoms with Crippen LogP contribution < -0.4 is 0 Å². The fourth-order valence-corrected chi connectivity index (χ4v) is 12.0. The Morgan fingerprint density at radius 1 is 0.440 bits per heavy atom. The number of hydrogen-bond donors (Lipinski definition) is 0. The van der Waals surface area contributed by atoms with Crippen LogP contribution in [0, 0.1) is 10.8 Å². The molecule has 0 saturated carbocycles. The number of esters is 4. The molecular formula is C36H38O12S2. The number of sulfone groups is 2. The van der Waals surface area contributed by atoms with Crippen LogP contribution in [0.25, 0.3) is 0 Å². The molecule has 2 aliphatic heterocycles. The molecule has 0 aliphatic carbocycles. The normalized spacial score (nSPS) is 24.6. The molecule has 2 saturated heterocycles. The zero-order chi connectivity index (χ0) is 36.5. The van der Waals surface area contributed by atoms with Crippen molar-refractivity contribution in [2.45, 2.75) is 23.7 Å². The van der Waals surface area contributed by atoms with Crippen LogP contribution in [-0.4, -0.2) is 92.2 Å². The van der Waals surface area contributed by atoms with Gasteiger partial charge in [0.05, 0.1) is 51.5 Å². The Hall–Kier alpha value is -4.56. The third-order valence-corrected chi connectivity index (χ3v) is 13.5. The molecule has 14 heteroatoms. The van der Waals surface area contributed by atoms with Crippen molar-refractivity contribution < 1.29 is 55.0 Å². The van der Waals surface area contributed by atoms with Crippen LogP contribution >= 0.6 is 0 Å². The minimum absolute atomic E-state index is 0.230. The maximum absolute atomic E-state index is 13.8. The van der Waals surface area contributed by atoms with E-state index in [2.05, 4.69) is 0 Å². The molecule has 5 rings (SSSR count). The van der Waals surface area contributed by atoms with Crippen molar-refractivity contribution in [1.29, 1.82) is 0 Å². The highest BCUT2D eigenvalue weighted by Gasteiger charge is 2.66. The van der Waals surface area contributed by atoms with Gasteiger partial charge in [0.25, 0.3) is 0 Å². The van der Waals surface area contributed by atoms with Gasteiger partial charge in [0.2, 0.25) is 0 Å². The Kier molecular flexibility index (Phi) is 10.3. The molecule has 2 fully saturated rings. The number of benzene rings is 3. The summed E-state index contributed by atoms with van der Waals surface area (Å²) in [6.45, 7) is 0. The lowest BCUT2D eigenvalue weighted by atomic mass is 9.61. The topological polar surface area (TPSA) is 173 Å². The van der Waals surface area contributed by atoms with E-state index in [1.807, 2.05) is 0 Å². The number of carbonyl (C=O) groups excluding carboxylic acids is 4. The molecule has 0 bridgehead atoms. The standard InChI is InChI=1S/C36H38O12S2/c1-45-31(37)35(32(38)46-2)27(23-11-7-5-8-12-23)19-49(41,42)21-29(35)25-15-17-26(18-16-25)30-22-50(43,44)20-28(24-13-9-6-10-14-24)36(30,33(39)47-3)34(40)48-4/h5-18,27-30H,19-22H2,1-4H3/t27-,28?,29?,30?/m1/s1. The molecule has 0 radical (unpaired) electrons. The highest BCUT2D eigenvalue weighted by molar-refractivity contribution is 7.91. The fourth-order valence-electron chi connectivity index (χ4n) is 7.91. The summed E-state index contributed by atoms with van der Waals surface area (Å²) < 4.78 is 74.8. The third kappa shape index (κ3) is 6.08. The summed E-state index contributed by atoms with van der Waals surface area (Å²) in [4.78, 5) is 55.4. The Balaban J connectivity index is 1.73. The maximum atomic E-state index is 13.8. The quantitative estimate of drug-likeness (QED) is 0.189. The van der Waals surface area contributed by atoms with Crippen molar-refractivity contribution in [2.75, 3.05) is 51.5 Å². The monoisotopic (exact) mass is 726 g/mol. The number of hydrogen-bond acceptors (Lipinski definition) is 12. The molecule has 12 nitrogen and oxygen atoms in total. The largest absolute Gasteiger partial charge is 0.468 e. The molecule has 2 heterocycles. The summed E-state index contributed by atoms with van der Waals surface area (Å²) in [5.74, 6) is -11.2. The van der Waals surface area contributed by atoms with Crippen molar-refractivity contribution in [3.05, 3.63) is 107 Å². The second kappa shape index (κ2) is 14.0. The van der Waals surface area contributed by atoms with E-state index >= 15 is 0 Å². The van der Waals surface area contributed by atoms with Crippen molar-refractivity contribution >= 4 is 43.6 Å². The van der Waals surface area contributed by atoms with Crippen molar-refractivity contribution in [1.82, 2.24) is 0 Å². The molecule has 266 valence electrons. The Labute approximate surface area is 290 Å². The zero-order valence-electron chi connectivity index (χ0n) is 27.9. The Morgan fingerprint density at radius 3 is 0.880 bits per heavy atom. The summed E-state index contributed by atoms with van der Waals surface area (Å²) in [7, 11) is -3.36. The van der Waals surface area contributed by atoms with Gasteiger partial charge >= 0.3 is 23.9 Å². The number of methoxy groups -OCH3 is 4. The van der Waals surface area contributed by atoms with Crippen LogP contribution in [0.1, 0.15) is 45.9 Å². The van der Waals surface area contributed by atoms with Crippen LogP contribution in [0.4, 0.5) is 0 Å². The summed E-state index contributed by atoms with van der Waals surface area (Å²) in [6, 6.07) is 22.4. The van der Waals surface area contributed by atoms with Gasteiger partial charge in [-0.05, 0) is 22.3 Å². The summed E-state index contributed by atoms with van der Waals surface area (Å²) in [6.07, 6.45) is 0. The van der Waals surface area contributed by atoms with Crippen LogP contribution in [0.2, 0.25) is 0 Å². The molecule has 50 heavy (non-hydrogen) atoms. The van der Waals surface area contributed by atoms with Gasteiger partial charge in [-0.2, -0.15) is 0 Å². The van der Waals surface area contributed by atoms with E-state index in [4.69, 9.17) is 18.9 Å². The van der Waals surface area contributed by atoms with E-state index in [0.717, 1.165) is 28.4 Å². The molecule has 3 aromatic carbocycles. The van der Waals surface area contributed by atoms with E-state index in [0.29, 0.717) is 11.1 Å². The molecular weight excluding hydrogens is 689 g/mol. The van der Waals surface area contributed by atoms with Gasteiger partial charge in [-0.1, -0.05) is 84.9 Å². The van der Waals surface area contributed by atoms with Gasteiger partial charge in [0.1, 0.15) is 0 Å². The van der Waals surface area contributed by atoms with E-state index in [1.54, 1.807) is 60.7 Å². The Bertz CT molecular complexity index is 1800. The molecule has 0 aromatic heterocycles. The number of rotatable bonds is 8. The van der Waals surface area contributed by atoms with Crippen molar-refractivity contribution in [3.63, 3.8) is 0 Å². The second-order valence-electron chi connectivity index (χ2n) is 12.6. The predicted molar refractivity (Wildman–Crippen MR) is 181 cm³/mol. The van der Waals surface area contributed by atoms with Gasteiger partial charge in [-0.15, -0.1) is 0 Å². The Morgan fingerprint density at radius 2 is 0.660 bits per heavy atom. The number of ether oxygens (including phenoxy) is 4. The maximum Gasteiger partial charge on any atom is 0.324 e. The average Bonchev–Trinajstić information content (AvgIpc) is 3.13. The fraction of sp³-hybridized carbons (Fsp3) is 0.389. The molecule has 0 spiro atoms. The van der Waals surface area contributed by atoms with E-state index in [9.17, 15) is 36.0 Å². The predicted octanol–water partition coefficient (Wildman–Crippen LogP) is 2.94. The summed E-state index contributed by atoms with van der Waals surface area (Å²) in [5.41, 5.74) is -2.98. The summed E-state index contributed by atoms with van der Waals surface area (Å²) in [5, 5.41) is 0. The first kappa shape index (κ1) is 36.7. The molecule has 3 aromatic rings.